The summed E-state index contributed by atoms with van der Waals surface area (Å²) in [5, 5.41) is 26.7. The molecule has 1 aliphatic carbocycles. The molecule has 4 aromatic rings. The third-order valence-corrected chi connectivity index (χ3v) is 12.7. The Balaban J connectivity index is 1.08. The van der Waals surface area contributed by atoms with Crippen LogP contribution in [-0.4, -0.2) is 147 Å². The van der Waals surface area contributed by atoms with Crippen LogP contribution in [-0.2, 0) is 89.4 Å². The van der Waals surface area contributed by atoms with Gasteiger partial charge in [0.1, 0.15) is 18.7 Å². The molecule has 7 amide bonds. The summed E-state index contributed by atoms with van der Waals surface area (Å²) in [6, 6.07) is 27.7. The molecule has 25 nitrogen and oxygen atoms in total. The first-order chi connectivity index (χ1) is 38.8. The fourth-order valence-electron chi connectivity index (χ4n) is 9.01. The van der Waals surface area contributed by atoms with Crippen LogP contribution in [0.15, 0.2) is 103 Å². The molecule has 0 bridgehead atoms. The molecule has 0 radical (unpaired) electrons. The van der Waals surface area contributed by atoms with E-state index in [0.717, 1.165) is 50.1 Å². The Morgan fingerprint density at radius 2 is 1.14 bits per heavy atom. The van der Waals surface area contributed by atoms with E-state index in [1.165, 1.54) is 0 Å². The molecule has 1 saturated heterocycles. The molecule has 6 rings (SSSR count). The lowest BCUT2D eigenvalue weighted by Gasteiger charge is -2.43. The van der Waals surface area contributed by atoms with E-state index in [-0.39, 0.29) is 38.4 Å². The first kappa shape index (κ1) is 61.0. The summed E-state index contributed by atoms with van der Waals surface area (Å²) in [4.78, 5) is 143. The lowest BCUT2D eigenvalue weighted by molar-refractivity contribution is -0.252. The van der Waals surface area contributed by atoms with Gasteiger partial charge in [-0.3, -0.25) is 43.2 Å². The quantitative estimate of drug-likeness (QED) is 0.0340. The van der Waals surface area contributed by atoms with E-state index in [2.05, 4.69) is 37.2 Å². The molecule has 1 aliphatic heterocycles. The molecule has 8 N–H and O–H groups in total. The summed E-state index contributed by atoms with van der Waals surface area (Å²) < 4.78 is 32.2. The monoisotopic (exact) mass is 1120 g/mol. The Morgan fingerprint density at radius 1 is 0.580 bits per heavy atom. The standard InChI is InChI=1S/C56H63N7O18/c1-31(65)78-48-49(79-32(2)66)51(55(74)76-4)81-54(50(48)80-33(3)67)63-44(68)20-12-19-42(62-56(75)77-30-41-39-17-10-8-15-37(39)38-16-9-11-18-40(38)41)52(72)58-26-45(69)57-27-47(71)61-43(25-34-13-6-5-7-14-34)53(73)59-28-46(70)60-36-23-21-35(29-64)22-24-36/h5-11,13-18,21-24,41-43,48-51,54,64H,12,19-20,25-30H2,1-4H3,(H,57,69)(H,58,72)(H,59,73)(H,60,70)(H,61,71)(H,62,75)(H,63,68)/t42-,43-,48-,49-,50+,51-,54-/m0/s1. The number of methoxy groups -OCH3 is 1. The van der Waals surface area contributed by atoms with Gasteiger partial charge in [0.25, 0.3) is 0 Å². The number of nitrogens with one attached hydrogen (secondary N) is 7. The van der Waals surface area contributed by atoms with Crippen LogP contribution in [0.25, 0.3) is 11.1 Å². The van der Waals surface area contributed by atoms with Gasteiger partial charge < -0.3 is 70.7 Å². The van der Waals surface area contributed by atoms with Crippen LogP contribution in [0.2, 0.25) is 0 Å². The fourth-order valence-corrected chi connectivity index (χ4v) is 9.01. The van der Waals surface area contributed by atoms with Crippen molar-refractivity contribution in [2.75, 3.05) is 38.7 Å². The molecular formula is C56H63N7O18. The van der Waals surface area contributed by atoms with E-state index in [0.29, 0.717) is 16.8 Å². The van der Waals surface area contributed by atoms with Crippen LogP contribution in [0.5, 0.6) is 0 Å². The van der Waals surface area contributed by atoms with Crippen molar-refractivity contribution in [1.82, 2.24) is 31.9 Å². The number of hydrogen-bond acceptors (Lipinski definition) is 18. The molecule has 2 aliphatic rings. The topological polar surface area (TPSA) is 348 Å². The molecule has 7 atom stereocenters. The van der Waals surface area contributed by atoms with E-state index in [9.17, 15) is 57.8 Å². The number of amides is 7. The fraction of sp³-hybridized carbons (Fsp3) is 0.375. The number of esters is 4. The van der Waals surface area contributed by atoms with Crippen molar-refractivity contribution < 1.29 is 86.3 Å². The molecule has 0 aromatic heterocycles. The van der Waals surface area contributed by atoms with Crippen molar-refractivity contribution >= 4 is 71.1 Å². The van der Waals surface area contributed by atoms with Gasteiger partial charge in [0.05, 0.1) is 33.4 Å². The number of aliphatic hydroxyl groups is 1. The molecule has 25 heteroatoms. The van der Waals surface area contributed by atoms with Gasteiger partial charge in [-0.05, 0) is 58.4 Å². The molecule has 1 heterocycles. The van der Waals surface area contributed by atoms with Gasteiger partial charge in [-0.2, -0.15) is 0 Å². The van der Waals surface area contributed by atoms with Crippen molar-refractivity contribution in [2.24, 2.45) is 0 Å². The number of anilines is 1. The zero-order valence-corrected chi connectivity index (χ0v) is 44.7. The normalized spacial score (nSPS) is 17.6. The van der Waals surface area contributed by atoms with Crippen LogP contribution >= 0.6 is 0 Å². The summed E-state index contributed by atoms with van der Waals surface area (Å²) in [5.74, 6) is -8.87. The van der Waals surface area contributed by atoms with Crippen LogP contribution in [0, 0.1) is 0 Å². The number of hydrogen-bond donors (Lipinski definition) is 8. The number of alkyl carbamates (subject to hydrolysis) is 1. The Kier molecular flexibility index (Phi) is 22.3. The van der Waals surface area contributed by atoms with Crippen molar-refractivity contribution in [3.05, 3.63) is 125 Å². The number of aliphatic hydroxyl groups excluding tert-OH is 1. The van der Waals surface area contributed by atoms with Gasteiger partial charge in [-0.15, -0.1) is 0 Å². The van der Waals surface area contributed by atoms with Gasteiger partial charge in [-0.25, -0.2) is 9.59 Å². The lowest BCUT2D eigenvalue weighted by Crippen LogP contribution is -2.67. The van der Waals surface area contributed by atoms with Crippen molar-refractivity contribution in [3.63, 3.8) is 0 Å². The molecule has 0 spiro atoms. The third-order valence-electron chi connectivity index (χ3n) is 12.7. The Hall–Kier alpha value is -9.23. The van der Waals surface area contributed by atoms with Crippen molar-refractivity contribution in [1.29, 1.82) is 0 Å². The summed E-state index contributed by atoms with van der Waals surface area (Å²) in [7, 11) is 1.00. The number of benzene rings is 4. The van der Waals surface area contributed by atoms with E-state index >= 15 is 0 Å². The van der Waals surface area contributed by atoms with Crippen LogP contribution in [0.3, 0.4) is 0 Å². The predicted molar refractivity (Wildman–Crippen MR) is 283 cm³/mol. The van der Waals surface area contributed by atoms with Gasteiger partial charge in [-0.1, -0.05) is 91.0 Å². The number of carbonyl (C=O) groups excluding carboxylic acids is 11. The second-order valence-electron chi connectivity index (χ2n) is 18.6. The number of fused-ring (bicyclic) bond motifs is 3. The SMILES string of the molecule is COC(=O)[C@H]1O[C@H](NC(=O)CCC[C@H](NC(=O)OCC2c3ccccc3-c3ccccc32)C(=O)NCC(=O)NCC(=O)N[C@@H](Cc2ccccc2)C(=O)NCC(=O)Nc2ccc(CO)cc2)[C@H](OC(C)=O)[C@@H](OC(C)=O)[C@@H]1OC(C)=O. The summed E-state index contributed by atoms with van der Waals surface area (Å²) in [6.45, 7) is 0.896. The second-order valence-corrected chi connectivity index (χ2v) is 18.6. The van der Waals surface area contributed by atoms with Gasteiger partial charge in [0, 0.05) is 45.2 Å². The summed E-state index contributed by atoms with van der Waals surface area (Å²) in [6.07, 6.45) is -10.4. The zero-order valence-electron chi connectivity index (χ0n) is 44.7. The molecule has 81 heavy (non-hydrogen) atoms. The van der Waals surface area contributed by atoms with Gasteiger partial charge in [0.2, 0.25) is 35.4 Å². The van der Waals surface area contributed by atoms with Crippen LogP contribution in [0.1, 0.15) is 68.2 Å². The minimum atomic E-state index is -1.79. The summed E-state index contributed by atoms with van der Waals surface area (Å²) in [5.41, 5.74) is 5.50. The molecule has 4 aromatic carbocycles. The highest BCUT2D eigenvalue weighted by atomic mass is 16.7. The van der Waals surface area contributed by atoms with Gasteiger partial charge >= 0.3 is 30.0 Å². The minimum absolute atomic E-state index is 0.0139. The number of carbonyl (C=O) groups is 11. The Morgan fingerprint density at radius 3 is 1.74 bits per heavy atom. The maximum absolute atomic E-state index is 13.8. The average Bonchev–Trinajstić information content (AvgIpc) is 3.97. The second kappa shape index (κ2) is 29.7. The first-order valence-electron chi connectivity index (χ1n) is 25.6. The number of rotatable bonds is 25. The molecule has 1 fully saturated rings. The largest absolute Gasteiger partial charge is 0.467 e. The van der Waals surface area contributed by atoms with E-state index in [1.807, 2.05) is 48.5 Å². The average molecular weight is 1120 g/mol. The molecule has 430 valence electrons. The van der Waals surface area contributed by atoms with E-state index in [1.54, 1.807) is 54.6 Å². The minimum Gasteiger partial charge on any atom is -0.467 e. The third kappa shape index (κ3) is 17.9. The van der Waals surface area contributed by atoms with Crippen molar-refractivity contribution in [3.8, 4) is 11.1 Å². The van der Waals surface area contributed by atoms with Crippen LogP contribution in [0.4, 0.5) is 10.5 Å². The summed E-state index contributed by atoms with van der Waals surface area (Å²) >= 11 is 0. The highest BCUT2D eigenvalue weighted by molar-refractivity contribution is 5.97. The predicted octanol–water partition coefficient (Wildman–Crippen LogP) is 1.08. The Labute approximate surface area is 464 Å². The highest BCUT2D eigenvalue weighted by Gasteiger charge is 2.55. The lowest BCUT2D eigenvalue weighted by atomic mass is 9.96. The van der Waals surface area contributed by atoms with Gasteiger partial charge in [0.15, 0.2) is 30.6 Å². The number of ether oxygens (including phenoxy) is 6. The highest BCUT2D eigenvalue weighted by Crippen LogP contribution is 2.44. The Bertz CT molecular complexity index is 2890. The van der Waals surface area contributed by atoms with E-state index in [4.69, 9.17) is 28.4 Å². The van der Waals surface area contributed by atoms with Crippen LogP contribution < -0.4 is 37.2 Å². The zero-order chi connectivity index (χ0) is 58.6. The molecule has 0 unspecified atom stereocenters. The maximum atomic E-state index is 13.8. The molecule has 0 saturated carbocycles. The van der Waals surface area contributed by atoms with E-state index < -0.39 is 134 Å². The molecular weight excluding hydrogens is 1060 g/mol. The smallest absolute Gasteiger partial charge is 0.407 e. The first-order valence-corrected chi connectivity index (χ1v) is 25.6. The maximum Gasteiger partial charge on any atom is 0.407 e. The van der Waals surface area contributed by atoms with Crippen molar-refractivity contribution in [2.45, 2.75) is 102 Å².